The van der Waals surface area contributed by atoms with E-state index in [1.54, 1.807) is 23.5 Å². The lowest BCUT2D eigenvalue weighted by atomic mass is 10.2. The molecule has 0 atom stereocenters. The van der Waals surface area contributed by atoms with E-state index in [-0.39, 0.29) is 5.97 Å². The maximum atomic E-state index is 12.4. The molecule has 0 amide bonds. The molecule has 0 spiro atoms. The average molecular weight is 389 g/mol. The van der Waals surface area contributed by atoms with Crippen LogP contribution in [-0.2, 0) is 6.42 Å². The maximum absolute atomic E-state index is 12.4. The van der Waals surface area contributed by atoms with Crippen molar-refractivity contribution in [3.8, 4) is 11.5 Å². The van der Waals surface area contributed by atoms with Crippen molar-refractivity contribution in [2.24, 2.45) is 0 Å². The van der Waals surface area contributed by atoms with Crippen molar-refractivity contribution in [1.29, 1.82) is 0 Å². The molecule has 0 aliphatic carbocycles. The third-order valence-corrected chi connectivity index (χ3v) is 6.33. The minimum atomic E-state index is -0.298. The predicted molar refractivity (Wildman–Crippen MR) is 110 cm³/mol. The highest BCUT2D eigenvalue weighted by atomic mass is 32.1. The van der Waals surface area contributed by atoms with Crippen LogP contribution in [0.5, 0.6) is 11.5 Å². The molecule has 0 unspecified atom stereocenters. The first-order chi connectivity index (χ1) is 12.7. The van der Waals surface area contributed by atoms with Crippen LogP contribution in [0.3, 0.4) is 0 Å². The number of ether oxygens (including phenoxy) is 2. The van der Waals surface area contributed by atoms with E-state index in [2.05, 4.69) is 19.9 Å². The lowest BCUT2D eigenvalue weighted by Gasteiger charge is -2.06. The van der Waals surface area contributed by atoms with Gasteiger partial charge in [-0.1, -0.05) is 26.7 Å². The molecule has 0 aliphatic rings. The summed E-state index contributed by atoms with van der Waals surface area (Å²) in [5, 5.41) is 0. The van der Waals surface area contributed by atoms with Gasteiger partial charge in [-0.2, -0.15) is 0 Å². The second kappa shape index (κ2) is 9.19. The van der Waals surface area contributed by atoms with Gasteiger partial charge in [-0.15, -0.1) is 22.7 Å². The molecule has 1 aromatic carbocycles. The van der Waals surface area contributed by atoms with Crippen molar-refractivity contribution in [2.45, 2.75) is 46.0 Å². The van der Waals surface area contributed by atoms with Crippen LogP contribution >= 0.6 is 22.7 Å². The summed E-state index contributed by atoms with van der Waals surface area (Å²) in [6.07, 6.45) is 5.84. The molecule has 3 rings (SSSR count). The number of hydrogen-bond donors (Lipinski definition) is 0. The third-order valence-electron chi connectivity index (χ3n) is 3.99. The Bertz CT molecular complexity index is 814. The molecule has 0 fully saturated rings. The second-order valence-corrected chi connectivity index (χ2v) is 8.47. The fourth-order valence-corrected chi connectivity index (χ4v) is 4.98. The SMILES string of the molecule is CCCCCc1cc2sc(C(=O)Oc3ccc(OCCC)cc3)cc2s1. The molecule has 0 bridgehead atoms. The zero-order valence-corrected chi connectivity index (χ0v) is 16.9. The van der Waals surface area contributed by atoms with E-state index in [1.165, 1.54) is 44.9 Å². The quantitative estimate of drug-likeness (QED) is 0.232. The summed E-state index contributed by atoms with van der Waals surface area (Å²) < 4.78 is 13.4. The smallest absolute Gasteiger partial charge is 0.353 e. The first-order valence-electron chi connectivity index (χ1n) is 9.17. The Morgan fingerprint density at radius 2 is 1.65 bits per heavy atom. The van der Waals surface area contributed by atoms with Crippen LogP contribution in [0, 0.1) is 0 Å². The van der Waals surface area contributed by atoms with Gasteiger partial charge in [-0.05, 0) is 55.7 Å². The van der Waals surface area contributed by atoms with Crippen LogP contribution < -0.4 is 9.47 Å². The number of rotatable bonds is 9. The van der Waals surface area contributed by atoms with E-state index in [0.717, 1.165) is 18.6 Å². The zero-order valence-electron chi connectivity index (χ0n) is 15.2. The molecule has 138 valence electrons. The van der Waals surface area contributed by atoms with Gasteiger partial charge in [-0.3, -0.25) is 0 Å². The lowest BCUT2D eigenvalue weighted by Crippen LogP contribution is -2.06. The number of thiophene rings is 2. The molecule has 2 heterocycles. The van der Waals surface area contributed by atoms with Crippen molar-refractivity contribution in [2.75, 3.05) is 6.61 Å². The lowest BCUT2D eigenvalue weighted by molar-refractivity contribution is 0.0740. The van der Waals surface area contributed by atoms with Gasteiger partial charge in [0.2, 0.25) is 0 Å². The van der Waals surface area contributed by atoms with Gasteiger partial charge in [0.15, 0.2) is 0 Å². The maximum Gasteiger partial charge on any atom is 0.353 e. The molecule has 0 saturated carbocycles. The number of aryl methyl sites for hydroxylation is 1. The topological polar surface area (TPSA) is 35.5 Å². The van der Waals surface area contributed by atoms with Crippen molar-refractivity contribution in [1.82, 2.24) is 0 Å². The van der Waals surface area contributed by atoms with Crippen LogP contribution in [0.15, 0.2) is 36.4 Å². The third kappa shape index (κ3) is 4.86. The summed E-state index contributed by atoms with van der Waals surface area (Å²) in [5.74, 6) is 1.03. The number of carbonyl (C=O) groups excluding carboxylic acids is 1. The van der Waals surface area contributed by atoms with E-state index >= 15 is 0 Å². The Morgan fingerprint density at radius 1 is 0.923 bits per heavy atom. The Kier molecular flexibility index (Phi) is 6.69. The standard InChI is InChI=1S/C21H24O3S2/c1-3-5-6-7-17-13-18-19(25-17)14-20(26-18)21(22)24-16-10-8-15(9-11-16)23-12-4-2/h8-11,13-14H,3-7,12H2,1-2H3. The molecule has 0 aliphatic heterocycles. The van der Waals surface area contributed by atoms with Gasteiger partial charge in [0, 0.05) is 14.3 Å². The van der Waals surface area contributed by atoms with E-state index in [4.69, 9.17) is 9.47 Å². The van der Waals surface area contributed by atoms with E-state index < -0.39 is 0 Å². The van der Waals surface area contributed by atoms with Gasteiger partial charge < -0.3 is 9.47 Å². The minimum absolute atomic E-state index is 0.298. The summed E-state index contributed by atoms with van der Waals surface area (Å²) >= 11 is 3.30. The molecular weight excluding hydrogens is 364 g/mol. The van der Waals surface area contributed by atoms with Gasteiger partial charge in [0.1, 0.15) is 16.4 Å². The Hall–Kier alpha value is -1.85. The van der Waals surface area contributed by atoms with Gasteiger partial charge in [0.05, 0.1) is 6.61 Å². The molecule has 3 nitrogen and oxygen atoms in total. The largest absolute Gasteiger partial charge is 0.494 e. The summed E-state index contributed by atoms with van der Waals surface area (Å²) in [7, 11) is 0. The number of unbranched alkanes of at least 4 members (excludes halogenated alkanes) is 2. The Morgan fingerprint density at radius 3 is 2.35 bits per heavy atom. The summed E-state index contributed by atoms with van der Waals surface area (Å²) in [6, 6.07) is 11.4. The summed E-state index contributed by atoms with van der Waals surface area (Å²) in [6.45, 7) is 4.97. The molecule has 2 aromatic heterocycles. The monoisotopic (exact) mass is 388 g/mol. The van der Waals surface area contributed by atoms with Crippen LogP contribution in [0.4, 0.5) is 0 Å². The van der Waals surface area contributed by atoms with Crippen LogP contribution in [0.2, 0.25) is 0 Å². The van der Waals surface area contributed by atoms with Crippen LogP contribution in [0.25, 0.3) is 9.40 Å². The highest BCUT2D eigenvalue weighted by molar-refractivity contribution is 7.28. The molecule has 0 saturated heterocycles. The van der Waals surface area contributed by atoms with Crippen molar-refractivity contribution in [3.63, 3.8) is 0 Å². The normalized spacial score (nSPS) is 11.0. The summed E-state index contributed by atoms with van der Waals surface area (Å²) in [4.78, 5) is 14.5. The Labute approximate surface area is 162 Å². The molecule has 3 aromatic rings. The van der Waals surface area contributed by atoms with E-state index in [9.17, 15) is 4.79 Å². The second-order valence-electron chi connectivity index (χ2n) is 6.22. The molecule has 0 radical (unpaired) electrons. The van der Waals surface area contributed by atoms with E-state index in [1.807, 2.05) is 18.2 Å². The van der Waals surface area contributed by atoms with Gasteiger partial charge in [0.25, 0.3) is 0 Å². The zero-order chi connectivity index (χ0) is 18.4. The first-order valence-corrected chi connectivity index (χ1v) is 10.8. The highest BCUT2D eigenvalue weighted by Crippen LogP contribution is 2.34. The number of esters is 1. The number of benzene rings is 1. The highest BCUT2D eigenvalue weighted by Gasteiger charge is 2.15. The number of carbonyl (C=O) groups is 1. The van der Waals surface area contributed by atoms with Crippen molar-refractivity contribution < 1.29 is 14.3 Å². The van der Waals surface area contributed by atoms with Crippen molar-refractivity contribution in [3.05, 3.63) is 46.2 Å². The van der Waals surface area contributed by atoms with Crippen LogP contribution in [0.1, 0.15) is 54.1 Å². The van der Waals surface area contributed by atoms with Crippen LogP contribution in [-0.4, -0.2) is 12.6 Å². The van der Waals surface area contributed by atoms with E-state index in [0.29, 0.717) is 17.2 Å². The predicted octanol–water partition coefficient (Wildman–Crippen LogP) is 6.70. The number of fused-ring (bicyclic) bond motifs is 1. The molecule has 5 heteroatoms. The van der Waals surface area contributed by atoms with Gasteiger partial charge >= 0.3 is 5.97 Å². The number of hydrogen-bond acceptors (Lipinski definition) is 5. The minimum Gasteiger partial charge on any atom is -0.494 e. The molecule has 0 N–H and O–H groups in total. The summed E-state index contributed by atoms with van der Waals surface area (Å²) in [5.41, 5.74) is 0. The fraction of sp³-hybridized carbons (Fsp3) is 0.381. The average Bonchev–Trinajstić information content (AvgIpc) is 3.20. The molecule has 26 heavy (non-hydrogen) atoms. The Balaban J connectivity index is 1.61. The van der Waals surface area contributed by atoms with Gasteiger partial charge in [-0.25, -0.2) is 4.79 Å². The first kappa shape index (κ1) is 18.9. The molecular formula is C21H24O3S2. The fourth-order valence-electron chi connectivity index (χ4n) is 2.64. The van der Waals surface area contributed by atoms with Crippen molar-refractivity contribution >= 4 is 38.0 Å².